The van der Waals surface area contributed by atoms with Crippen molar-refractivity contribution < 1.29 is 4.79 Å². The SMILES string of the molecule is CC(=O)c1cc(Cc2ccc(-c3ccn(C)n3)cc2)c(Cl)c(C)n1. The molecule has 0 saturated heterocycles. The Morgan fingerprint density at radius 3 is 2.50 bits per heavy atom. The maximum absolute atomic E-state index is 11.6. The Labute approximate surface area is 146 Å². The number of nitrogens with zero attached hydrogens (tertiary/aromatic N) is 3. The molecule has 2 aromatic heterocycles. The average molecular weight is 340 g/mol. The zero-order valence-corrected chi connectivity index (χ0v) is 14.6. The molecule has 0 bridgehead atoms. The van der Waals surface area contributed by atoms with E-state index >= 15 is 0 Å². The van der Waals surface area contributed by atoms with E-state index < -0.39 is 0 Å². The minimum atomic E-state index is -0.0542. The van der Waals surface area contributed by atoms with Crippen LogP contribution in [0.15, 0.2) is 42.6 Å². The Bertz CT molecular complexity index is 897. The largest absolute Gasteiger partial charge is 0.293 e. The smallest absolute Gasteiger partial charge is 0.178 e. The Morgan fingerprint density at radius 1 is 1.21 bits per heavy atom. The summed E-state index contributed by atoms with van der Waals surface area (Å²) in [6.07, 6.45) is 2.58. The topological polar surface area (TPSA) is 47.8 Å². The Balaban J connectivity index is 1.87. The molecule has 122 valence electrons. The maximum Gasteiger partial charge on any atom is 0.178 e. The predicted molar refractivity (Wildman–Crippen MR) is 95.4 cm³/mol. The first-order valence-electron chi connectivity index (χ1n) is 7.70. The number of Topliss-reactive ketones (excluding diaryl/α,β-unsaturated/α-hetero) is 1. The van der Waals surface area contributed by atoms with Gasteiger partial charge >= 0.3 is 0 Å². The molecule has 0 unspecified atom stereocenters. The summed E-state index contributed by atoms with van der Waals surface area (Å²) in [7, 11) is 1.90. The lowest BCUT2D eigenvalue weighted by atomic mass is 10.0. The standard InChI is InChI=1S/C19H18ClN3O/c1-12-19(20)16(11-18(21-12)13(2)24)10-14-4-6-15(7-5-14)17-8-9-23(3)22-17/h4-9,11H,10H2,1-3H3. The van der Waals surface area contributed by atoms with Crippen molar-refractivity contribution in [3.63, 3.8) is 0 Å². The monoisotopic (exact) mass is 339 g/mol. The van der Waals surface area contributed by atoms with E-state index in [2.05, 4.69) is 22.2 Å². The van der Waals surface area contributed by atoms with Crippen molar-refractivity contribution in [3.8, 4) is 11.3 Å². The van der Waals surface area contributed by atoms with Crippen molar-refractivity contribution in [2.45, 2.75) is 20.3 Å². The van der Waals surface area contributed by atoms with Crippen LogP contribution in [0.25, 0.3) is 11.3 Å². The second-order valence-corrected chi connectivity index (χ2v) is 6.25. The van der Waals surface area contributed by atoms with Crippen molar-refractivity contribution in [3.05, 3.63) is 70.1 Å². The lowest BCUT2D eigenvalue weighted by molar-refractivity contribution is 0.101. The van der Waals surface area contributed by atoms with E-state index in [1.54, 1.807) is 10.7 Å². The highest BCUT2D eigenvalue weighted by Gasteiger charge is 2.11. The first kappa shape index (κ1) is 16.4. The van der Waals surface area contributed by atoms with Gasteiger partial charge in [-0.1, -0.05) is 35.9 Å². The molecule has 0 atom stereocenters. The number of aromatic nitrogens is 3. The van der Waals surface area contributed by atoms with Gasteiger partial charge in [0, 0.05) is 25.7 Å². The van der Waals surface area contributed by atoms with Crippen molar-refractivity contribution in [2.75, 3.05) is 0 Å². The van der Waals surface area contributed by atoms with E-state index in [0.717, 1.165) is 22.4 Å². The van der Waals surface area contributed by atoms with Crippen molar-refractivity contribution in [2.24, 2.45) is 7.05 Å². The highest BCUT2D eigenvalue weighted by Crippen LogP contribution is 2.25. The lowest BCUT2D eigenvalue weighted by Gasteiger charge is -2.09. The minimum absolute atomic E-state index is 0.0542. The normalized spacial score (nSPS) is 10.8. The molecule has 0 aliphatic heterocycles. The average Bonchev–Trinajstić information content (AvgIpc) is 2.98. The summed E-state index contributed by atoms with van der Waals surface area (Å²) in [5.74, 6) is -0.0542. The molecule has 0 spiro atoms. The first-order chi connectivity index (χ1) is 11.4. The van der Waals surface area contributed by atoms with Crippen LogP contribution in [0.5, 0.6) is 0 Å². The van der Waals surface area contributed by atoms with Crippen LogP contribution < -0.4 is 0 Å². The molecule has 2 heterocycles. The van der Waals surface area contributed by atoms with Gasteiger partial charge in [-0.25, -0.2) is 4.98 Å². The molecule has 3 rings (SSSR count). The van der Waals surface area contributed by atoms with Gasteiger partial charge in [0.15, 0.2) is 5.78 Å². The number of pyridine rings is 1. The zero-order valence-electron chi connectivity index (χ0n) is 13.9. The van der Waals surface area contributed by atoms with Crippen LogP contribution in [0, 0.1) is 6.92 Å². The van der Waals surface area contributed by atoms with Gasteiger partial charge in [0.05, 0.1) is 16.4 Å². The zero-order chi connectivity index (χ0) is 17.3. The Hall–Kier alpha value is -2.46. The summed E-state index contributed by atoms with van der Waals surface area (Å²) in [5, 5.41) is 5.02. The number of hydrogen-bond acceptors (Lipinski definition) is 3. The third kappa shape index (κ3) is 3.39. The molecule has 4 nitrogen and oxygen atoms in total. The fourth-order valence-electron chi connectivity index (χ4n) is 2.61. The molecule has 24 heavy (non-hydrogen) atoms. The molecule has 0 radical (unpaired) electrons. The number of aryl methyl sites for hydroxylation is 2. The van der Waals surface area contributed by atoms with Gasteiger partial charge in [-0.05, 0) is 36.6 Å². The second kappa shape index (κ2) is 6.57. The van der Waals surface area contributed by atoms with Crippen LogP contribution in [0.2, 0.25) is 5.02 Å². The van der Waals surface area contributed by atoms with Crippen LogP contribution >= 0.6 is 11.6 Å². The van der Waals surface area contributed by atoms with Crippen molar-refractivity contribution >= 4 is 17.4 Å². The summed E-state index contributed by atoms with van der Waals surface area (Å²) >= 11 is 6.36. The predicted octanol–water partition coefficient (Wildman–Crippen LogP) is 4.24. The van der Waals surface area contributed by atoms with Gasteiger partial charge < -0.3 is 0 Å². The van der Waals surface area contributed by atoms with Gasteiger partial charge in [-0.15, -0.1) is 0 Å². The van der Waals surface area contributed by atoms with Crippen LogP contribution in [0.3, 0.4) is 0 Å². The molecule has 0 aliphatic rings. The molecule has 5 heteroatoms. The van der Waals surface area contributed by atoms with Crippen LogP contribution in [0.1, 0.15) is 34.2 Å². The molecule has 1 aromatic carbocycles. The number of ketones is 1. The summed E-state index contributed by atoms with van der Waals surface area (Å²) in [6, 6.07) is 12.0. The minimum Gasteiger partial charge on any atom is -0.293 e. The van der Waals surface area contributed by atoms with Gasteiger partial charge in [0.2, 0.25) is 0 Å². The summed E-state index contributed by atoms with van der Waals surface area (Å²) in [6.45, 7) is 3.34. The molecular weight excluding hydrogens is 322 g/mol. The van der Waals surface area contributed by atoms with E-state index in [9.17, 15) is 4.79 Å². The molecular formula is C19H18ClN3O. The lowest BCUT2D eigenvalue weighted by Crippen LogP contribution is -2.02. The molecule has 0 N–H and O–H groups in total. The van der Waals surface area contributed by atoms with E-state index in [1.807, 2.05) is 38.4 Å². The van der Waals surface area contributed by atoms with E-state index in [-0.39, 0.29) is 5.78 Å². The van der Waals surface area contributed by atoms with Crippen LogP contribution in [-0.4, -0.2) is 20.5 Å². The fraction of sp³-hybridized carbons (Fsp3) is 0.211. The Morgan fingerprint density at radius 2 is 1.92 bits per heavy atom. The summed E-state index contributed by atoms with van der Waals surface area (Å²) in [5.41, 5.74) is 5.19. The quantitative estimate of drug-likeness (QED) is 0.668. The van der Waals surface area contributed by atoms with Gasteiger partial charge in [-0.3, -0.25) is 9.48 Å². The molecule has 0 amide bonds. The third-order valence-corrected chi connectivity index (χ3v) is 4.43. The highest BCUT2D eigenvalue weighted by atomic mass is 35.5. The maximum atomic E-state index is 11.6. The highest BCUT2D eigenvalue weighted by molar-refractivity contribution is 6.32. The number of carbonyl (C=O) groups is 1. The number of rotatable bonds is 4. The number of carbonyl (C=O) groups excluding carboxylic acids is 1. The Kier molecular flexibility index (Phi) is 4.49. The fourth-order valence-corrected chi connectivity index (χ4v) is 2.78. The van der Waals surface area contributed by atoms with E-state index in [1.165, 1.54) is 6.92 Å². The molecule has 0 fully saturated rings. The number of benzene rings is 1. The molecule has 0 saturated carbocycles. The van der Waals surface area contributed by atoms with Gasteiger partial charge in [0.25, 0.3) is 0 Å². The number of hydrogen-bond donors (Lipinski definition) is 0. The second-order valence-electron chi connectivity index (χ2n) is 5.87. The third-order valence-electron chi connectivity index (χ3n) is 3.92. The van der Waals surface area contributed by atoms with Crippen LogP contribution in [0.4, 0.5) is 0 Å². The van der Waals surface area contributed by atoms with E-state index in [0.29, 0.717) is 22.8 Å². The van der Waals surface area contributed by atoms with Crippen LogP contribution in [-0.2, 0) is 13.5 Å². The van der Waals surface area contributed by atoms with Crippen molar-refractivity contribution in [1.29, 1.82) is 0 Å². The first-order valence-corrected chi connectivity index (χ1v) is 8.08. The van der Waals surface area contributed by atoms with Gasteiger partial charge in [-0.2, -0.15) is 5.10 Å². The van der Waals surface area contributed by atoms with Crippen molar-refractivity contribution in [1.82, 2.24) is 14.8 Å². The van der Waals surface area contributed by atoms with E-state index in [4.69, 9.17) is 11.6 Å². The summed E-state index contributed by atoms with van der Waals surface area (Å²) < 4.78 is 1.78. The van der Waals surface area contributed by atoms with Gasteiger partial charge in [0.1, 0.15) is 5.69 Å². The summed E-state index contributed by atoms with van der Waals surface area (Å²) in [4.78, 5) is 15.8. The molecule has 0 aliphatic carbocycles. The number of halogens is 1. The molecule has 3 aromatic rings.